The van der Waals surface area contributed by atoms with E-state index < -0.39 is 26.6 Å². The van der Waals surface area contributed by atoms with Gasteiger partial charge in [0.15, 0.2) is 4.90 Å². The normalized spacial score (nSPS) is 15.7. The van der Waals surface area contributed by atoms with Gasteiger partial charge in [0.1, 0.15) is 11.6 Å². The Kier molecular flexibility index (Phi) is 5.83. The molecule has 1 fully saturated rings. The van der Waals surface area contributed by atoms with Crippen molar-refractivity contribution in [1.82, 2.24) is 9.21 Å². The summed E-state index contributed by atoms with van der Waals surface area (Å²) >= 11 is 1.46. The van der Waals surface area contributed by atoms with Crippen LogP contribution in [0.1, 0.15) is 10.4 Å². The van der Waals surface area contributed by atoms with E-state index in [0.717, 1.165) is 27.4 Å². The number of carbonyl (C=O) groups is 1. The molecule has 0 aromatic heterocycles. The minimum atomic E-state index is -4.31. The number of halogens is 2. The van der Waals surface area contributed by atoms with Crippen molar-refractivity contribution in [2.75, 3.05) is 32.4 Å². The molecule has 0 spiro atoms. The minimum Gasteiger partial charge on any atom is -0.336 e. The van der Waals surface area contributed by atoms with Crippen LogP contribution in [0, 0.1) is 11.6 Å². The van der Waals surface area contributed by atoms with Gasteiger partial charge in [-0.15, -0.1) is 11.8 Å². The van der Waals surface area contributed by atoms with E-state index in [4.69, 9.17) is 0 Å². The second-order valence-electron chi connectivity index (χ2n) is 5.95. The zero-order valence-corrected chi connectivity index (χ0v) is 16.2. The maximum atomic E-state index is 13.9. The first-order valence-electron chi connectivity index (χ1n) is 8.22. The van der Waals surface area contributed by atoms with E-state index in [9.17, 15) is 22.0 Å². The number of piperazine rings is 1. The van der Waals surface area contributed by atoms with Gasteiger partial charge in [-0.2, -0.15) is 4.31 Å². The van der Waals surface area contributed by atoms with Crippen LogP contribution in [0.3, 0.4) is 0 Å². The molecular weight excluding hydrogens is 394 g/mol. The maximum absolute atomic E-state index is 13.9. The zero-order valence-electron chi connectivity index (χ0n) is 14.6. The van der Waals surface area contributed by atoms with Gasteiger partial charge in [-0.05, 0) is 30.5 Å². The second kappa shape index (κ2) is 7.95. The molecule has 0 atom stereocenters. The van der Waals surface area contributed by atoms with Crippen LogP contribution in [0.4, 0.5) is 8.78 Å². The Bertz CT molecular complexity index is 939. The highest BCUT2D eigenvalue weighted by Gasteiger charge is 2.34. The lowest BCUT2D eigenvalue weighted by Gasteiger charge is -2.34. The Labute approximate surface area is 161 Å². The fourth-order valence-corrected chi connectivity index (χ4v) is 5.10. The Morgan fingerprint density at radius 1 is 0.963 bits per heavy atom. The molecule has 0 saturated carbocycles. The van der Waals surface area contributed by atoms with Crippen molar-refractivity contribution in [3.8, 4) is 0 Å². The Balaban J connectivity index is 1.76. The molecule has 5 nitrogen and oxygen atoms in total. The van der Waals surface area contributed by atoms with Crippen LogP contribution in [0.2, 0.25) is 0 Å². The number of carbonyl (C=O) groups excluding carboxylic acids is 1. The first-order valence-corrected chi connectivity index (χ1v) is 10.9. The van der Waals surface area contributed by atoms with Gasteiger partial charge in [-0.1, -0.05) is 18.2 Å². The van der Waals surface area contributed by atoms with Crippen LogP contribution in [-0.2, 0) is 10.0 Å². The van der Waals surface area contributed by atoms with Crippen molar-refractivity contribution >= 4 is 27.7 Å². The molecule has 2 aromatic carbocycles. The van der Waals surface area contributed by atoms with Gasteiger partial charge >= 0.3 is 0 Å². The van der Waals surface area contributed by atoms with Crippen molar-refractivity contribution < 1.29 is 22.0 Å². The summed E-state index contributed by atoms with van der Waals surface area (Å²) < 4.78 is 54.0. The molecule has 27 heavy (non-hydrogen) atoms. The summed E-state index contributed by atoms with van der Waals surface area (Å²) in [5.74, 6) is -2.43. The fraction of sp³-hybridized carbons (Fsp3) is 0.278. The van der Waals surface area contributed by atoms with Crippen molar-refractivity contribution in [2.45, 2.75) is 9.79 Å². The largest absolute Gasteiger partial charge is 0.336 e. The topological polar surface area (TPSA) is 57.7 Å². The minimum absolute atomic E-state index is 0.0245. The molecule has 9 heteroatoms. The Morgan fingerprint density at radius 2 is 1.56 bits per heavy atom. The summed E-state index contributed by atoms with van der Waals surface area (Å²) in [6, 6.07) is 10.1. The molecule has 0 aliphatic carbocycles. The summed E-state index contributed by atoms with van der Waals surface area (Å²) in [6.45, 7) is 0.250. The van der Waals surface area contributed by atoms with Crippen molar-refractivity contribution in [3.05, 3.63) is 59.7 Å². The van der Waals surface area contributed by atoms with E-state index in [1.165, 1.54) is 11.8 Å². The lowest BCUT2D eigenvalue weighted by Crippen LogP contribution is -2.50. The van der Waals surface area contributed by atoms with Gasteiger partial charge in [0, 0.05) is 31.1 Å². The van der Waals surface area contributed by atoms with Gasteiger partial charge in [-0.3, -0.25) is 4.79 Å². The number of thioether (sulfide) groups is 1. The third-order valence-corrected chi connectivity index (χ3v) is 7.13. The number of hydrogen-bond acceptors (Lipinski definition) is 4. The molecule has 0 N–H and O–H groups in total. The lowest BCUT2D eigenvalue weighted by atomic mass is 10.2. The molecule has 2 aromatic rings. The van der Waals surface area contributed by atoms with Gasteiger partial charge < -0.3 is 4.90 Å². The lowest BCUT2D eigenvalue weighted by molar-refractivity contribution is 0.0694. The molecule has 1 saturated heterocycles. The van der Waals surface area contributed by atoms with Crippen molar-refractivity contribution in [2.24, 2.45) is 0 Å². The van der Waals surface area contributed by atoms with Gasteiger partial charge in [0.25, 0.3) is 5.91 Å². The average Bonchev–Trinajstić information content (AvgIpc) is 2.67. The highest BCUT2D eigenvalue weighted by Crippen LogP contribution is 2.25. The highest BCUT2D eigenvalue weighted by atomic mass is 32.2. The van der Waals surface area contributed by atoms with Crippen molar-refractivity contribution in [1.29, 1.82) is 0 Å². The smallest absolute Gasteiger partial charge is 0.255 e. The number of rotatable bonds is 4. The first kappa shape index (κ1) is 19.8. The van der Waals surface area contributed by atoms with Gasteiger partial charge in [0.05, 0.1) is 5.56 Å². The Hall–Kier alpha value is -1.97. The van der Waals surface area contributed by atoms with Crippen LogP contribution in [-0.4, -0.2) is 56.0 Å². The average molecular weight is 412 g/mol. The van der Waals surface area contributed by atoms with Crippen LogP contribution in [0.5, 0.6) is 0 Å². The van der Waals surface area contributed by atoms with Crippen molar-refractivity contribution in [3.63, 3.8) is 0 Å². The van der Waals surface area contributed by atoms with Crippen LogP contribution >= 0.6 is 11.8 Å². The molecule has 0 unspecified atom stereocenters. The van der Waals surface area contributed by atoms with Crippen LogP contribution < -0.4 is 0 Å². The van der Waals surface area contributed by atoms with E-state index in [-0.39, 0.29) is 32.1 Å². The molecule has 3 rings (SSSR count). The molecule has 0 radical (unpaired) electrons. The highest BCUT2D eigenvalue weighted by molar-refractivity contribution is 7.98. The second-order valence-corrected chi connectivity index (χ2v) is 8.67. The number of nitrogens with zero attached hydrogens (tertiary/aromatic N) is 2. The third kappa shape index (κ3) is 3.85. The number of sulfonamides is 1. The SMILES string of the molecule is CSc1ccccc1C(=O)N1CCN(S(=O)(=O)c2c(F)cccc2F)CC1. The summed E-state index contributed by atoms with van der Waals surface area (Å²) in [7, 11) is -4.31. The Morgan fingerprint density at radius 3 is 2.15 bits per heavy atom. The van der Waals surface area contributed by atoms with E-state index in [1.54, 1.807) is 17.0 Å². The monoisotopic (exact) mass is 412 g/mol. The first-order chi connectivity index (χ1) is 12.9. The molecule has 1 amide bonds. The maximum Gasteiger partial charge on any atom is 0.255 e. The number of amides is 1. The number of hydrogen-bond donors (Lipinski definition) is 0. The molecule has 0 bridgehead atoms. The molecule has 1 heterocycles. The van der Waals surface area contributed by atoms with Crippen LogP contribution in [0.15, 0.2) is 52.3 Å². The van der Waals surface area contributed by atoms with Crippen LogP contribution in [0.25, 0.3) is 0 Å². The predicted molar refractivity (Wildman–Crippen MR) is 99.2 cm³/mol. The van der Waals surface area contributed by atoms with E-state index >= 15 is 0 Å². The van der Waals surface area contributed by atoms with E-state index in [0.29, 0.717) is 5.56 Å². The molecular formula is C18H18F2N2O3S2. The summed E-state index contributed by atoms with van der Waals surface area (Å²) in [4.78, 5) is 14.2. The van der Waals surface area contributed by atoms with Gasteiger partial charge in [-0.25, -0.2) is 17.2 Å². The molecule has 1 aliphatic heterocycles. The van der Waals surface area contributed by atoms with E-state index in [1.807, 2.05) is 18.4 Å². The molecule has 1 aliphatic rings. The summed E-state index contributed by atoms with van der Waals surface area (Å²) in [5.41, 5.74) is 0.557. The predicted octanol–water partition coefficient (Wildman–Crippen LogP) is 2.83. The third-order valence-electron chi connectivity index (χ3n) is 4.38. The molecule has 144 valence electrons. The number of benzene rings is 2. The van der Waals surface area contributed by atoms with E-state index in [2.05, 4.69) is 0 Å². The fourth-order valence-electron chi connectivity index (χ4n) is 2.98. The summed E-state index contributed by atoms with van der Waals surface area (Å²) in [6.07, 6.45) is 1.87. The summed E-state index contributed by atoms with van der Waals surface area (Å²) in [5, 5.41) is 0. The quantitative estimate of drug-likeness (QED) is 0.725. The zero-order chi connectivity index (χ0) is 19.6. The van der Waals surface area contributed by atoms with Gasteiger partial charge in [0.2, 0.25) is 10.0 Å². The standard InChI is InChI=1S/C18H18F2N2O3S2/c1-26-16-8-3-2-5-13(16)18(23)21-9-11-22(12-10-21)27(24,25)17-14(19)6-4-7-15(17)20/h2-8H,9-12H2,1H3.